The third-order valence-electron chi connectivity index (χ3n) is 4.67. The summed E-state index contributed by atoms with van der Waals surface area (Å²) in [7, 11) is 0. The van der Waals surface area contributed by atoms with Gasteiger partial charge in [-0.2, -0.15) is 5.10 Å². The highest BCUT2D eigenvalue weighted by Crippen LogP contribution is 2.25. The third-order valence-corrected chi connectivity index (χ3v) is 4.67. The van der Waals surface area contributed by atoms with Crippen molar-refractivity contribution in [3.8, 4) is 0 Å². The predicted molar refractivity (Wildman–Crippen MR) is 101 cm³/mol. The number of aromatic nitrogens is 4. The first-order chi connectivity index (χ1) is 12.8. The van der Waals surface area contributed by atoms with Crippen molar-refractivity contribution >= 4 is 28.4 Å². The fraction of sp³-hybridized carbons (Fsp3) is 0.368. The van der Waals surface area contributed by atoms with Crippen LogP contribution in [0.2, 0.25) is 0 Å². The zero-order valence-electron chi connectivity index (χ0n) is 14.6. The quantitative estimate of drug-likeness (QED) is 0.783. The van der Waals surface area contributed by atoms with E-state index in [-0.39, 0.29) is 12.5 Å². The first-order valence-corrected chi connectivity index (χ1v) is 9.07. The number of benzene rings is 1. The molecule has 134 valence electrons. The van der Waals surface area contributed by atoms with Crippen LogP contribution in [0.5, 0.6) is 0 Å². The zero-order valence-corrected chi connectivity index (χ0v) is 14.6. The Labute approximate surface area is 152 Å². The van der Waals surface area contributed by atoms with Gasteiger partial charge in [0.05, 0.1) is 11.6 Å². The number of fused-ring (bicyclic) bond motifs is 1. The highest BCUT2D eigenvalue weighted by Gasteiger charge is 2.18. The standard InChI is InChI=1S/C19H22N6O/c26-17(23-15-8-4-3-5-9-15)13-25-19-16(12-22-25)18(20-14-21-19)24-10-6-1-2-7-11-24/h3-5,8-9,12,14H,1-2,6-7,10-11,13H2,(H,23,26). The van der Waals surface area contributed by atoms with E-state index in [4.69, 9.17) is 0 Å². The van der Waals surface area contributed by atoms with Gasteiger partial charge in [-0.05, 0) is 25.0 Å². The summed E-state index contributed by atoms with van der Waals surface area (Å²) in [5.74, 6) is 0.794. The van der Waals surface area contributed by atoms with Crippen LogP contribution in [0.1, 0.15) is 25.7 Å². The normalized spacial score (nSPS) is 15.0. The second kappa shape index (κ2) is 7.51. The van der Waals surface area contributed by atoms with E-state index in [1.165, 1.54) is 25.7 Å². The van der Waals surface area contributed by atoms with Crippen molar-refractivity contribution in [2.45, 2.75) is 32.2 Å². The largest absolute Gasteiger partial charge is 0.356 e. The molecule has 0 unspecified atom stereocenters. The van der Waals surface area contributed by atoms with Gasteiger partial charge in [0.2, 0.25) is 5.91 Å². The molecule has 0 aliphatic carbocycles. The Balaban J connectivity index is 1.55. The number of amides is 1. The van der Waals surface area contributed by atoms with Gasteiger partial charge >= 0.3 is 0 Å². The average molecular weight is 350 g/mol. The molecule has 26 heavy (non-hydrogen) atoms. The van der Waals surface area contributed by atoms with E-state index in [9.17, 15) is 4.79 Å². The maximum atomic E-state index is 12.3. The number of carbonyl (C=O) groups is 1. The minimum Gasteiger partial charge on any atom is -0.356 e. The summed E-state index contributed by atoms with van der Waals surface area (Å²) in [5.41, 5.74) is 1.47. The van der Waals surface area contributed by atoms with Crippen LogP contribution in [0, 0.1) is 0 Å². The van der Waals surface area contributed by atoms with Crippen LogP contribution in [0.3, 0.4) is 0 Å². The average Bonchev–Trinajstić information content (AvgIpc) is 2.89. The van der Waals surface area contributed by atoms with Gasteiger partial charge in [-0.3, -0.25) is 4.79 Å². The molecule has 1 N–H and O–H groups in total. The number of hydrogen-bond acceptors (Lipinski definition) is 5. The molecule has 0 atom stereocenters. The molecule has 1 amide bonds. The predicted octanol–water partition coefficient (Wildman–Crippen LogP) is 2.85. The Morgan fingerprint density at radius 2 is 1.81 bits per heavy atom. The van der Waals surface area contributed by atoms with Crippen LogP contribution in [-0.4, -0.2) is 38.7 Å². The summed E-state index contributed by atoms with van der Waals surface area (Å²) in [5, 5.41) is 8.16. The van der Waals surface area contributed by atoms with Crippen molar-refractivity contribution in [3.63, 3.8) is 0 Å². The van der Waals surface area contributed by atoms with Crippen LogP contribution in [0.15, 0.2) is 42.9 Å². The Kier molecular flexibility index (Phi) is 4.77. The lowest BCUT2D eigenvalue weighted by molar-refractivity contribution is -0.116. The van der Waals surface area contributed by atoms with Crippen LogP contribution >= 0.6 is 0 Å². The lowest BCUT2D eigenvalue weighted by Crippen LogP contribution is -2.25. The van der Waals surface area contributed by atoms with E-state index in [1.54, 1.807) is 17.2 Å². The van der Waals surface area contributed by atoms with E-state index < -0.39 is 0 Å². The van der Waals surface area contributed by atoms with Gasteiger partial charge in [0, 0.05) is 18.8 Å². The molecule has 1 aromatic carbocycles. The molecule has 7 nitrogen and oxygen atoms in total. The van der Waals surface area contributed by atoms with Crippen molar-refractivity contribution in [1.82, 2.24) is 19.7 Å². The first kappa shape index (κ1) is 16.5. The Morgan fingerprint density at radius 3 is 2.58 bits per heavy atom. The Bertz CT molecular complexity index is 883. The van der Waals surface area contributed by atoms with Crippen LogP contribution in [0.4, 0.5) is 11.5 Å². The van der Waals surface area contributed by atoms with E-state index in [0.717, 1.165) is 30.0 Å². The summed E-state index contributed by atoms with van der Waals surface area (Å²) < 4.78 is 1.64. The van der Waals surface area contributed by atoms with Crippen molar-refractivity contribution < 1.29 is 4.79 Å². The van der Waals surface area contributed by atoms with Gasteiger partial charge in [0.15, 0.2) is 5.65 Å². The number of para-hydroxylation sites is 1. The Hall–Kier alpha value is -2.96. The molecule has 1 aliphatic heterocycles. The minimum absolute atomic E-state index is 0.120. The summed E-state index contributed by atoms with van der Waals surface area (Å²) in [6.07, 6.45) is 8.23. The van der Waals surface area contributed by atoms with Crippen molar-refractivity contribution in [3.05, 3.63) is 42.9 Å². The van der Waals surface area contributed by atoms with Gasteiger partial charge in [-0.15, -0.1) is 0 Å². The maximum absolute atomic E-state index is 12.3. The lowest BCUT2D eigenvalue weighted by Gasteiger charge is -2.21. The molecule has 4 rings (SSSR count). The summed E-state index contributed by atoms with van der Waals surface area (Å²) >= 11 is 0. The summed E-state index contributed by atoms with van der Waals surface area (Å²) in [4.78, 5) is 23.5. The Morgan fingerprint density at radius 1 is 1.04 bits per heavy atom. The fourth-order valence-electron chi connectivity index (χ4n) is 3.39. The molecule has 0 spiro atoms. The van der Waals surface area contributed by atoms with Gasteiger partial charge < -0.3 is 10.2 Å². The molecular formula is C19H22N6O. The molecule has 1 fully saturated rings. The minimum atomic E-state index is -0.129. The zero-order chi connectivity index (χ0) is 17.8. The number of carbonyl (C=O) groups excluding carboxylic acids is 1. The smallest absolute Gasteiger partial charge is 0.246 e. The summed E-state index contributed by atoms with van der Waals surface area (Å²) in [6, 6.07) is 9.41. The maximum Gasteiger partial charge on any atom is 0.246 e. The molecule has 1 saturated heterocycles. The third kappa shape index (κ3) is 3.51. The van der Waals surface area contributed by atoms with Crippen molar-refractivity contribution in [2.75, 3.05) is 23.3 Å². The highest BCUT2D eigenvalue weighted by atomic mass is 16.2. The fourth-order valence-corrected chi connectivity index (χ4v) is 3.39. The SMILES string of the molecule is O=C(Cn1ncc2c(N3CCCCCC3)ncnc21)Nc1ccccc1. The van der Waals surface area contributed by atoms with Gasteiger partial charge in [-0.25, -0.2) is 14.6 Å². The number of anilines is 2. The molecular weight excluding hydrogens is 328 g/mol. The van der Waals surface area contributed by atoms with Crippen LogP contribution < -0.4 is 10.2 Å². The van der Waals surface area contributed by atoms with Gasteiger partial charge in [0.1, 0.15) is 18.7 Å². The highest BCUT2D eigenvalue weighted by molar-refractivity contribution is 5.92. The molecule has 2 aromatic heterocycles. The van der Waals surface area contributed by atoms with E-state index in [1.807, 2.05) is 30.3 Å². The second-order valence-electron chi connectivity index (χ2n) is 6.55. The van der Waals surface area contributed by atoms with Crippen molar-refractivity contribution in [1.29, 1.82) is 0 Å². The van der Waals surface area contributed by atoms with Crippen molar-refractivity contribution in [2.24, 2.45) is 0 Å². The molecule has 3 heterocycles. The number of rotatable bonds is 4. The summed E-state index contributed by atoms with van der Waals surface area (Å²) in [6.45, 7) is 2.13. The van der Waals surface area contributed by atoms with Crippen LogP contribution in [-0.2, 0) is 11.3 Å². The molecule has 0 bridgehead atoms. The molecule has 3 aromatic rings. The molecule has 7 heteroatoms. The van der Waals surface area contributed by atoms with Crippen LogP contribution in [0.25, 0.3) is 11.0 Å². The number of hydrogen-bond donors (Lipinski definition) is 1. The molecule has 0 saturated carbocycles. The van der Waals surface area contributed by atoms with E-state index in [0.29, 0.717) is 5.65 Å². The monoisotopic (exact) mass is 350 g/mol. The lowest BCUT2D eigenvalue weighted by atomic mass is 10.2. The topological polar surface area (TPSA) is 75.9 Å². The van der Waals surface area contributed by atoms with E-state index >= 15 is 0 Å². The molecule has 1 aliphatic rings. The van der Waals surface area contributed by atoms with Gasteiger partial charge in [-0.1, -0.05) is 31.0 Å². The second-order valence-corrected chi connectivity index (χ2v) is 6.55. The molecule has 0 radical (unpaired) electrons. The number of nitrogens with zero attached hydrogens (tertiary/aromatic N) is 5. The van der Waals surface area contributed by atoms with E-state index in [2.05, 4.69) is 25.3 Å². The number of nitrogens with one attached hydrogen (secondary N) is 1. The van der Waals surface area contributed by atoms with Gasteiger partial charge in [0.25, 0.3) is 0 Å². The first-order valence-electron chi connectivity index (χ1n) is 9.07.